The van der Waals surface area contributed by atoms with Gasteiger partial charge in [-0.25, -0.2) is 0 Å². The van der Waals surface area contributed by atoms with Crippen molar-refractivity contribution in [1.82, 2.24) is 5.32 Å². The normalized spacial score (nSPS) is 14.4. The molecule has 454 valence electrons. The van der Waals surface area contributed by atoms with Gasteiger partial charge in [0.15, 0.2) is 0 Å². The van der Waals surface area contributed by atoms with Crippen molar-refractivity contribution in [2.75, 3.05) is 40.9 Å². The second-order valence-electron chi connectivity index (χ2n) is 22.6. The number of carbonyl (C=O) groups is 2. The van der Waals surface area contributed by atoms with Crippen LogP contribution in [0.5, 0.6) is 0 Å². The summed E-state index contributed by atoms with van der Waals surface area (Å²) in [6, 6.07) is -0.904. The highest BCUT2D eigenvalue weighted by molar-refractivity contribution is 7.45. The molecule has 0 saturated heterocycles. The van der Waals surface area contributed by atoms with E-state index < -0.39 is 26.6 Å². The van der Waals surface area contributed by atoms with E-state index >= 15 is 0 Å². The van der Waals surface area contributed by atoms with E-state index in [0.717, 1.165) is 122 Å². The fourth-order valence-corrected chi connectivity index (χ4v) is 9.57. The molecule has 0 saturated carbocycles. The number of phosphoric ester groups is 1. The first kappa shape index (κ1) is 75.7. The Morgan fingerprint density at radius 1 is 0.468 bits per heavy atom. The number of carbonyl (C=O) groups excluding carboxylic acids is 2. The van der Waals surface area contributed by atoms with Crippen LogP contribution in [0.3, 0.4) is 0 Å². The molecule has 10 heteroatoms. The number of amides is 1. The Hall–Kier alpha value is -3.33. The fraction of sp³-hybridized carbons (Fsp3) is 0.710. The zero-order valence-corrected chi connectivity index (χ0v) is 52.7. The molecular formula is C69H121N2O7P. The van der Waals surface area contributed by atoms with Crippen molar-refractivity contribution in [3.8, 4) is 0 Å². The van der Waals surface area contributed by atoms with Gasteiger partial charge < -0.3 is 28.5 Å². The van der Waals surface area contributed by atoms with Crippen LogP contribution in [0.15, 0.2) is 109 Å². The van der Waals surface area contributed by atoms with Crippen LogP contribution >= 0.6 is 7.82 Å². The summed E-state index contributed by atoms with van der Waals surface area (Å²) >= 11 is 0. The summed E-state index contributed by atoms with van der Waals surface area (Å²) in [4.78, 5) is 40.0. The number of unbranched alkanes of at least 4 members (excludes halogenated alkanes) is 27. The number of quaternary nitrogens is 1. The first-order valence-electron chi connectivity index (χ1n) is 32.2. The van der Waals surface area contributed by atoms with Gasteiger partial charge in [-0.3, -0.25) is 14.2 Å². The third-order valence-corrected chi connectivity index (χ3v) is 14.7. The van der Waals surface area contributed by atoms with Crippen molar-refractivity contribution in [2.45, 2.75) is 277 Å². The van der Waals surface area contributed by atoms with Gasteiger partial charge in [0.05, 0.1) is 33.8 Å². The summed E-state index contributed by atoms with van der Waals surface area (Å²) in [5.74, 6) is -0.565. The zero-order valence-electron chi connectivity index (χ0n) is 51.8. The number of hydrogen-bond acceptors (Lipinski definition) is 7. The zero-order chi connectivity index (χ0) is 57.9. The monoisotopic (exact) mass is 1120 g/mol. The van der Waals surface area contributed by atoms with Gasteiger partial charge in [-0.15, -0.1) is 0 Å². The van der Waals surface area contributed by atoms with Crippen LogP contribution < -0.4 is 10.2 Å². The van der Waals surface area contributed by atoms with Gasteiger partial charge in [0, 0.05) is 12.8 Å². The van der Waals surface area contributed by atoms with Crippen LogP contribution in [-0.4, -0.2) is 69.4 Å². The summed E-state index contributed by atoms with van der Waals surface area (Å²) < 4.78 is 30.3. The van der Waals surface area contributed by atoms with Gasteiger partial charge >= 0.3 is 5.97 Å². The lowest BCUT2D eigenvalue weighted by atomic mass is 10.0. The Balaban J connectivity index is 5.20. The number of allylic oxidation sites excluding steroid dienone is 17. The molecule has 0 fully saturated rings. The molecule has 0 bridgehead atoms. The average Bonchev–Trinajstić information content (AvgIpc) is 3.41. The number of hydrogen-bond donors (Lipinski definition) is 1. The molecule has 1 N–H and O–H groups in total. The van der Waals surface area contributed by atoms with E-state index in [1.807, 2.05) is 33.3 Å². The summed E-state index contributed by atoms with van der Waals surface area (Å²) in [5.41, 5.74) is 0. The molecule has 0 aliphatic carbocycles. The molecule has 0 aliphatic heterocycles. The highest BCUT2D eigenvalue weighted by Crippen LogP contribution is 2.38. The minimum Gasteiger partial charge on any atom is -0.756 e. The first-order chi connectivity index (χ1) is 38.4. The third kappa shape index (κ3) is 59.1. The van der Waals surface area contributed by atoms with Gasteiger partial charge in [-0.2, -0.15) is 0 Å². The highest BCUT2D eigenvalue weighted by atomic mass is 31.2. The predicted molar refractivity (Wildman–Crippen MR) is 339 cm³/mol. The summed E-state index contributed by atoms with van der Waals surface area (Å²) in [6.45, 7) is 6.59. The maximum atomic E-state index is 13.5. The lowest BCUT2D eigenvalue weighted by Crippen LogP contribution is -2.47. The number of rotatable bonds is 57. The molecule has 0 spiro atoms. The summed E-state index contributed by atoms with van der Waals surface area (Å²) in [6.07, 6.45) is 79.1. The smallest absolute Gasteiger partial charge is 0.306 e. The van der Waals surface area contributed by atoms with Crippen LogP contribution in [0.2, 0.25) is 0 Å². The van der Waals surface area contributed by atoms with Gasteiger partial charge in [0.1, 0.15) is 19.3 Å². The Bertz CT molecular complexity index is 1720. The molecule has 0 aliphatic rings. The summed E-state index contributed by atoms with van der Waals surface area (Å²) in [7, 11) is 1.16. The first-order valence-corrected chi connectivity index (χ1v) is 33.7. The number of esters is 1. The Labute approximate surface area is 487 Å². The second kappa shape index (κ2) is 57.9. The highest BCUT2D eigenvalue weighted by Gasteiger charge is 2.27. The predicted octanol–water partition coefficient (Wildman–Crippen LogP) is 19.5. The minimum absolute atomic E-state index is 0.0309. The Morgan fingerprint density at radius 3 is 1.35 bits per heavy atom. The van der Waals surface area contributed by atoms with E-state index in [-0.39, 0.29) is 24.9 Å². The Morgan fingerprint density at radius 2 is 0.873 bits per heavy atom. The lowest BCUT2D eigenvalue weighted by molar-refractivity contribution is -0.870. The molecule has 3 atom stereocenters. The topological polar surface area (TPSA) is 114 Å². The van der Waals surface area contributed by atoms with E-state index in [4.69, 9.17) is 13.8 Å². The lowest BCUT2D eigenvalue weighted by Gasteiger charge is -2.30. The molecule has 0 aromatic carbocycles. The molecule has 79 heavy (non-hydrogen) atoms. The van der Waals surface area contributed by atoms with Gasteiger partial charge in [-0.05, 0) is 96.0 Å². The molecule has 1 amide bonds. The van der Waals surface area contributed by atoms with Crippen LogP contribution in [0.1, 0.15) is 265 Å². The van der Waals surface area contributed by atoms with Crippen LogP contribution in [-0.2, 0) is 27.9 Å². The van der Waals surface area contributed by atoms with Crippen molar-refractivity contribution < 1.29 is 37.3 Å². The quantitative estimate of drug-likeness (QED) is 0.0161. The molecule has 0 rings (SSSR count). The molecule has 9 nitrogen and oxygen atoms in total. The van der Waals surface area contributed by atoms with Crippen molar-refractivity contribution in [3.63, 3.8) is 0 Å². The van der Waals surface area contributed by atoms with Crippen molar-refractivity contribution in [2.24, 2.45) is 0 Å². The van der Waals surface area contributed by atoms with E-state index in [1.165, 1.54) is 109 Å². The van der Waals surface area contributed by atoms with Gasteiger partial charge in [0.25, 0.3) is 7.82 Å². The summed E-state index contributed by atoms with van der Waals surface area (Å²) in [5, 5.41) is 3.02. The number of likely N-dealkylation sites (N-methyl/N-ethyl adjacent to an activating group) is 1. The molecule has 3 unspecified atom stereocenters. The van der Waals surface area contributed by atoms with Crippen LogP contribution in [0.4, 0.5) is 0 Å². The average molecular weight is 1120 g/mol. The fourth-order valence-electron chi connectivity index (χ4n) is 8.84. The van der Waals surface area contributed by atoms with Crippen molar-refractivity contribution in [1.29, 1.82) is 0 Å². The maximum absolute atomic E-state index is 13.5. The van der Waals surface area contributed by atoms with E-state index in [9.17, 15) is 19.0 Å². The molecule has 0 aromatic heterocycles. The van der Waals surface area contributed by atoms with Gasteiger partial charge in [0.2, 0.25) is 5.91 Å². The largest absolute Gasteiger partial charge is 0.756 e. The molecule has 0 radical (unpaired) electrons. The van der Waals surface area contributed by atoms with E-state index in [1.54, 1.807) is 0 Å². The third-order valence-electron chi connectivity index (χ3n) is 13.8. The van der Waals surface area contributed by atoms with Crippen molar-refractivity contribution >= 4 is 19.7 Å². The van der Waals surface area contributed by atoms with Crippen LogP contribution in [0.25, 0.3) is 0 Å². The second-order valence-corrected chi connectivity index (χ2v) is 24.0. The van der Waals surface area contributed by atoms with E-state index in [2.05, 4.69) is 123 Å². The molecular weight excluding hydrogens is 1000 g/mol. The number of phosphoric acid groups is 1. The SMILES string of the molecule is CC/C=C\C/C=C\C/C=C\C/C=C\C/C=C\CCCCCCCCCCCC(=O)OC(/C=C\CCCCCCCCCCCCC)C(COP(=O)([O-])OCC[N+](C)(C)C)NC(=O)CCCCCCCCC/C=C/C=C/C=C/CC. The number of nitrogens with zero attached hydrogens (tertiary/aromatic N) is 1. The number of nitrogens with one attached hydrogen (secondary N) is 1. The van der Waals surface area contributed by atoms with Gasteiger partial charge in [-0.1, -0.05) is 265 Å². The molecule has 0 heterocycles. The number of ether oxygens (including phenoxy) is 1. The van der Waals surface area contributed by atoms with E-state index in [0.29, 0.717) is 17.4 Å². The minimum atomic E-state index is -4.71. The maximum Gasteiger partial charge on any atom is 0.306 e. The molecule has 0 aromatic rings. The van der Waals surface area contributed by atoms with Crippen molar-refractivity contribution in [3.05, 3.63) is 109 Å². The Kier molecular flexibility index (Phi) is 55.4. The van der Waals surface area contributed by atoms with Crippen LogP contribution in [0, 0.1) is 0 Å². The standard InChI is InChI=1S/C69H121N2O7P/c1-7-10-13-16-19-22-25-28-30-31-32-33-34-35-36-37-38-39-41-44-47-50-53-56-59-62-69(73)78-67(60-57-54-51-48-45-42-27-24-21-18-15-12-9-3)66(65-77-79(74,75)76-64-63-71(4,5)6)70-68(72)61-58-55-52-49-46-43-40-29-26-23-20-17-14-11-8-2/h10-11,13-14,17,19-20,22-23,26,28,30,32-33,35-36,57,60,66-67H,7-9,12,15-16,18,21,24-25,27,29,31,34,37-56,58-59,61-65H2,1-6H3,(H-,70,72,74,75)/b13-10-,14-11+,20-17+,22-19-,26-23+,30-28-,33-32-,36-35-,60-57-.